The lowest BCUT2D eigenvalue weighted by atomic mass is 9.98. The molecule has 1 aliphatic carbocycles. The summed E-state index contributed by atoms with van der Waals surface area (Å²) >= 11 is 0. The van der Waals surface area contributed by atoms with E-state index in [4.69, 9.17) is 15.7 Å². The third-order valence-corrected chi connectivity index (χ3v) is 6.45. The highest BCUT2D eigenvalue weighted by molar-refractivity contribution is 5.68. The molecular formula is C26H35N3O3. The maximum atomic E-state index is 10.6. The lowest BCUT2D eigenvalue weighted by Gasteiger charge is -2.31. The Morgan fingerprint density at radius 2 is 2.00 bits per heavy atom. The van der Waals surface area contributed by atoms with Crippen LogP contribution in [0.2, 0.25) is 0 Å². The van der Waals surface area contributed by atoms with E-state index in [1.54, 1.807) is 0 Å². The van der Waals surface area contributed by atoms with Crippen LogP contribution >= 0.6 is 0 Å². The zero-order chi connectivity index (χ0) is 22.3. The Hall–Kier alpha value is -2.33. The highest BCUT2D eigenvalue weighted by atomic mass is 16.5. The predicted molar refractivity (Wildman–Crippen MR) is 126 cm³/mol. The normalized spacial score (nSPS) is 18.1. The number of nitrogens with zero attached hydrogens (tertiary/aromatic N) is 3. The van der Waals surface area contributed by atoms with Gasteiger partial charge in [-0.25, -0.2) is 0 Å². The van der Waals surface area contributed by atoms with Gasteiger partial charge >= 0.3 is 0 Å². The fourth-order valence-corrected chi connectivity index (χ4v) is 4.42. The monoisotopic (exact) mass is 437 g/mol. The molecule has 6 nitrogen and oxygen atoms in total. The van der Waals surface area contributed by atoms with Crippen molar-refractivity contribution in [2.45, 2.75) is 45.3 Å². The van der Waals surface area contributed by atoms with Crippen LogP contribution in [0.5, 0.6) is 0 Å². The van der Waals surface area contributed by atoms with Gasteiger partial charge in [-0.3, -0.25) is 4.90 Å². The Morgan fingerprint density at radius 1 is 1.25 bits per heavy atom. The summed E-state index contributed by atoms with van der Waals surface area (Å²) in [4.78, 5) is 4.67. The second-order valence-electron chi connectivity index (χ2n) is 9.36. The zero-order valence-corrected chi connectivity index (χ0v) is 19.1. The number of hydrogen-bond donors (Lipinski definition) is 1. The van der Waals surface area contributed by atoms with Gasteiger partial charge in [0.05, 0.1) is 18.3 Å². The van der Waals surface area contributed by atoms with Gasteiger partial charge < -0.3 is 19.3 Å². The minimum atomic E-state index is -0.582. The molecule has 0 radical (unpaired) electrons. The zero-order valence-electron chi connectivity index (χ0n) is 19.1. The van der Waals surface area contributed by atoms with Gasteiger partial charge in [0, 0.05) is 38.3 Å². The van der Waals surface area contributed by atoms with Crippen LogP contribution in [0.25, 0.3) is 11.3 Å². The smallest absolute Gasteiger partial charge is 0.232 e. The van der Waals surface area contributed by atoms with Crippen LogP contribution < -0.4 is 4.90 Å². The number of benzene rings is 1. The Bertz CT molecular complexity index is 879. The molecule has 1 aromatic carbocycles. The number of hydrogen-bond acceptors (Lipinski definition) is 6. The van der Waals surface area contributed by atoms with E-state index in [1.165, 1.54) is 12.8 Å². The summed E-state index contributed by atoms with van der Waals surface area (Å²) in [6.45, 7) is 6.95. The van der Waals surface area contributed by atoms with Crippen molar-refractivity contribution in [3.63, 3.8) is 0 Å². The van der Waals surface area contributed by atoms with Gasteiger partial charge in [-0.05, 0) is 37.5 Å². The number of piperidine rings is 1. The average molecular weight is 438 g/mol. The molecule has 0 spiro atoms. The molecule has 1 aromatic heterocycles. The summed E-state index contributed by atoms with van der Waals surface area (Å²) in [5, 5.41) is 15.1. The van der Waals surface area contributed by atoms with Gasteiger partial charge in [0.15, 0.2) is 0 Å². The summed E-state index contributed by atoms with van der Waals surface area (Å²) in [7, 11) is 0. The van der Waals surface area contributed by atoms with Crippen LogP contribution in [0.15, 0.2) is 34.9 Å². The molecule has 1 saturated carbocycles. The number of aromatic nitrogens is 1. The molecular weight excluding hydrogens is 402 g/mol. The first-order chi connectivity index (χ1) is 15.6. The minimum Gasteiger partial charge on any atom is -0.389 e. The maximum Gasteiger partial charge on any atom is 0.232 e. The third kappa shape index (κ3) is 6.13. The molecule has 0 amide bonds. The number of aliphatic hydroxyl groups is 1. The Balaban J connectivity index is 1.56. The van der Waals surface area contributed by atoms with E-state index in [0.29, 0.717) is 19.0 Å². The highest BCUT2D eigenvalue weighted by Crippen LogP contribution is 2.36. The molecule has 6 heteroatoms. The van der Waals surface area contributed by atoms with Crippen LogP contribution in [-0.4, -0.2) is 60.7 Å². The first-order valence-corrected chi connectivity index (χ1v) is 11.8. The molecule has 0 bridgehead atoms. The number of terminal acetylenes is 1. The number of aliphatic hydroxyl groups excluding tert-OH is 1. The Labute approximate surface area is 191 Å². The van der Waals surface area contributed by atoms with E-state index >= 15 is 0 Å². The van der Waals surface area contributed by atoms with Crippen LogP contribution in [0.4, 0.5) is 5.88 Å². The van der Waals surface area contributed by atoms with Gasteiger partial charge in [-0.2, -0.15) is 0 Å². The molecule has 1 N–H and O–H groups in total. The summed E-state index contributed by atoms with van der Waals surface area (Å²) in [6.07, 6.45) is 9.52. The second kappa shape index (κ2) is 11.0. The topological polar surface area (TPSA) is 62.0 Å². The van der Waals surface area contributed by atoms with E-state index in [1.807, 2.05) is 18.2 Å². The maximum absolute atomic E-state index is 10.6. The van der Waals surface area contributed by atoms with Crippen molar-refractivity contribution in [2.75, 3.05) is 44.3 Å². The van der Waals surface area contributed by atoms with Crippen LogP contribution in [0, 0.1) is 24.2 Å². The molecule has 2 aromatic rings. The molecule has 32 heavy (non-hydrogen) atoms. The van der Waals surface area contributed by atoms with E-state index in [9.17, 15) is 5.11 Å². The van der Waals surface area contributed by atoms with Gasteiger partial charge in [0.25, 0.3) is 0 Å². The summed E-state index contributed by atoms with van der Waals surface area (Å²) < 4.78 is 11.3. The molecule has 2 fully saturated rings. The number of rotatable bonds is 11. The van der Waals surface area contributed by atoms with E-state index in [2.05, 4.69) is 39.9 Å². The summed E-state index contributed by atoms with van der Waals surface area (Å²) in [6, 6.07) is 10.2. The molecule has 1 atom stereocenters. The lowest BCUT2D eigenvalue weighted by molar-refractivity contribution is 0.0251. The van der Waals surface area contributed by atoms with Gasteiger partial charge in [0.1, 0.15) is 12.3 Å². The predicted octanol–water partition coefficient (Wildman–Crippen LogP) is 3.80. The van der Waals surface area contributed by atoms with Crippen molar-refractivity contribution in [3.8, 4) is 23.6 Å². The minimum absolute atomic E-state index is 0.223. The average Bonchev–Trinajstić information content (AvgIpc) is 3.52. The molecule has 1 aliphatic heterocycles. The van der Waals surface area contributed by atoms with Crippen molar-refractivity contribution in [1.82, 2.24) is 10.1 Å². The number of ether oxygens (including phenoxy) is 1. The SMILES string of the molecule is C#CCOCC(O)CN(Cc1c(-c2ccccc2)noc1N1CCC(C)CC1)CC1CC1. The molecule has 1 saturated heterocycles. The van der Waals surface area contributed by atoms with E-state index in [-0.39, 0.29) is 13.2 Å². The van der Waals surface area contributed by atoms with Crippen LogP contribution in [-0.2, 0) is 11.3 Å². The largest absolute Gasteiger partial charge is 0.389 e. The van der Waals surface area contributed by atoms with Gasteiger partial charge in [-0.15, -0.1) is 6.42 Å². The number of anilines is 1. The quantitative estimate of drug-likeness (QED) is 0.426. The van der Waals surface area contributed by atoms with Crippen molar-refractivity contribution >= 4 is 5.88 Å². The third-order valence-electron chi connectivity index (χ3n) is 6.45. The second-order valence-corrected chi connectivity index (χ2v) is 9.36. The van der Waals surface area contributed by atoms with Crippen molar-refractivity contribution in [2.24, 2.45) is 11.8 Å². The van der Waals surface area contributed by atoms with Crippen LogP contribution in [0.3, 0.4) is 0 Å². The van der Waals surface area contributed by atoms with Gasteiger partial charge in [0.2, 0.25) is 5.88 Å². The first kappa shape index (κ1) is 22.8. The van der Waals surface area contributed by atoms with E-state index in [0.717, 1.165) is 61.1 Å². The van der Waals surface area contributed by atoms with E-state index < -0.39 is 6.10 Å². The van der Waals surface area contributed by atoms with Crippen molar-refractivity contribution in [1.29, 1.82) is 0 Å². The fraction of sp³-hybridized carbons (Fsp3) is 0.577. The molecule has 172 valence electrons. The van der Waals surface area contributed by atoms with Crippen molar-refractivity contribution < 1.29 is 14.4 Å². The molecule has 2 aliphatic rings. The van der Waals surface area contributed by atoms with Gasteiger partial charge in [-0.1, -0.05) is 48.3 Å². The lowest BCUT2D eigenvalue weighted by Crippen LogP contribution is -2.37. The Kier molecular flexibility index (Phi) is 7.85. The molecule has 2 heterocycles. The first-order valence-electron chi connectivity index (χ1n) is 11.8. The molecule has 4 rings (SSSR count). The standard InChI is InChI=1S/C26H35N3O3/c1-3-15-31-19-23(30)17-28(16-21-9-10-21)18-24-25(22-7-5-4-6-8-22)27-32-26(24)29-13-11-20(2)12-14-29/h1,4-8,20-21,23,30H,9-19H2,2H3. The highest BCUT2D eigenvalue weighted by Gasteiger charge is 2.30. The summed E-state index contributed by atoms with van der Waals surface area (Å²) in [5.41, 5.74) is 3.08. The van der Waals surface area contributed by atoms with Crippen LogP contribution in [0.1, 0.15) is 38.2 Å². The fourth-order valence-electron chi connectivity index (χ4n) is 4.42. The summed E-state index contributed by atoms with van der Waals surface area (Å²) in [5.74, 6) is 4.79. The molecule has 1 unspecified atom stereocenters. The Morgan fingerprint density at radius 3 is 2.69 bits per heavy atom. The van der Waals surface area contributed by atoms with Crippen molar-refractivity contribution in [3.05, 3.63) is 35.9 Å².